The third-order valence-corrected chi connectivity index (χ3v) is 3.47. The highest BCUT2D eigenvalue weighted by Crippen LogP contribution is 2.25. The smallest absolute Gasteiger partial charge is 0.0205 e. The molecular formula is C16H24. The molecule has 0 saturated carbocycles. The van der Waals surface area contributed by atoms with Gasteiger partial charge in [0.25, 0.3) is 0 Å². The van der Waals surface area contributed by atoms with E-state index >= 15 is 0 Å². The summed E-state index contributed by atoms with van der Waals surface area (Å²) >= 11 is 0. The Hall–Kier alpha value is -1.04. The molecule has 0 aliphatic carbocycles. The van der Waals surface area contributed by atoms with Crippen LogP contribution in [0.5, 0.6) is 0 Å². The molecule has 0 aliphatic heterocycles. The van der Waals surface area contributed by atoms with Gasteiger partial charge >= 0.3 is 0 Å². The van der Waals surface area contributed by atoms with Gasteiger partial charge in [-0.15, -0.1) is 0 Å². The van der Waals surface area contributed by atoms with Crippen LogP contribution in [0.4, 0.5) is 0 Å². The molecule has 2 unspecified atom stereocenters. The van der Waals surface area contributed by atoms with Crippen LogP contribution in [-0.2, 0) is 6.42 Å². The second-order valence-corrected chi connectivity index (χ2v) is 4.86. The Kier molecular flexibility index (Phi) is 5.31. The summed E-state index contributed by atoms with van der Waals surface area (Å²) in [5.41, 5.74) is 2.84. The van der Waals surface area contributed by atoms with Crippen LogP contribution in [0, 0.1) is 11.8 Å². The van der Waals surface area contributed by atoms with E-state index in [0.717, 1.165) is 6.42 Å². The lowest BCUT2D eigenvalue weighted by Gasteiger charge is -2.22. The molecule has 0 heterocycles. The molecular weight excluding hydrogens is 192 g/mol. The lowest BCUT2D eigenvalue weighted by Crippen LogP contribution is -2.13. The second-order valence-electron chi connectivity index (χ2n) is 4.86. The highest BCUT2D eigenvalue weighted by molar-refractivity contribution is 5.16. The summed E-state index contributed by atoms with van der Waals surface area (Å²) < 4.78 is 0. The summed E-state index contributed by atoms with van der Waals surface area (Å²) in [6.07, 6.45) is 3.53. The fourth-order valence-corrected chi connectivity index (χ4v) is 2.11. The maximum atomic E-state index is 4.21. The van der Waals surface area contributed by atoms with Crippen molar-refractivity contribution in [3.05, 3.63) is 48.0 Å². The van der Waals surface area contributed by atoms with Crippen LogP contribution in [0.2, 0.25) is 0 Å². The van der Waals surface area contributed by atoms with Crippen molar-refractivity contribution in [2.24, 2.45) is 11.8 Å². The third-order valence-electron chi connectivity index (χ3n) is 3.47. The van der Waals surface area contributed by atoms with Gasteiger partial charge in [-0.3, -0.25) is 0 Å². The van der Waals surface area contributed by atoms with Crippen molar-refractivity contribution in [2.45, 2.75) is 40.0 Å². The van der Waals surface area contributed by atoms with E-state index in [2.05, 4.69) is 57.7 Å². The number of hydrogen-bond donors (Lipinski definition) is 0. The van der Waals surface area contributed by atoms with Crippen molar-refractivity contribution in [1.82, 2.24) is 0 Å². The topological polar surface area (TPSA) is 0 Å². The zero-order chi connectivity index (χ0) is 12.0. The summed E-state index contributed by atoms with van der Waals surface area (Å²) in [5.74, 6) is 1.31. The van der Waals surface area contributed by atoms with Crippen molar-refractivity contribution in [1.29, 1.82) is 0 Å². The Bertz CT molecular complexity index is 310. The van der Waals surface area contributed by atoms with Gasteiger partial charge in [0.05, 0.1) is 0 Å². The molecule has 0 bridgehead atoms. The van der Waals surface area contributed by atoms with Crippen LogP contribution >= 0.6 is 0 Å². The largest absolute Gasteiger partial charge is 0.0996 e. The maximum absolute atomic E-state index is 4.21. The lowest BCUT2D eigenvalue weighted by molar-refractivity contribution is 0.427. The summed E-state index contributed by atoms with van der Waals surface area (Å²) in [4.78, 5) is 0. The van der Waals surface area contributed by atoms with Gasteiger partial charge in [-0.1, -0.05) is 69.7 Å². The Balaban J connectivity index is 2.52. The number of rotatable bonds is 6. The Labute approximate surface area is 100 Å². The summed E-state index contributed by atoms with van der Waals surface area (Å²) in [6.45, 7) is 11.1. The molecule has 1 rings (SSSR count). The highest BCUT2D eigenvalue weighted by Gasteiger charge is 2.14. The Morgan fingerprint density at radius 3 is 2.38 bits per heavy atom. The van der Waals surface area contributed by atoms with Gasteiger partial charge < -0.3 is 0 Å². The standard InChI is InChI=1S/C16H24/c1-5-9-13(2)15(4)14(3)12-16-10-7-6-8-11-16/h6-8,10-11,14-15H,2,5,9,12H2,1,3-4H3. The number of hydrogen-bond acceptors (Lipinski definition) is 0. The first kappa shape index (κ1) is 13.0. The molecule has 0 saturated heterocycles. The monoisotopic (exact) mass is 216 g/mol. The number of allylic oxidation sites excluding steroid dienone is 1. The fourth-order valence-electron chi connectivity index (χ4n) is 2.11. The van der Waals surface area contributed by atoms with Crippen molar-refractivity contribution in [3.8, 4) is 0 Å². The van der Waals surface area contributed by atoms with Gasteiger partial charge in [0.15, 0.2) is 0 Å². The molecule has 1 aromatic carbocycles. The summed E-state index contributed by atoms with van der Waals surface area (Å²) in [5, 5.41) is 0. The summed E-state index contributed by atoms with van der Waals surface area (Å²) in [6, 6.07) is 10.7. The molecule has 0 aromatic heterocycles. The van der Waals surface area contributed by atoms with Crippen molar-refractivity contribution in [3.63, 3.8) is 0 Å². The van der Waals surface area contributed by atoms with Crippen molar-refractivity contribution < 1.29 is 0 Å². The molecule has 0 fully saturated rings. The van der Waals surface area contributed by atoms with Crippen molar-refractivity contribution >= 4 is 0 Å². The average Bonchev–Trinajstić information content (AvgIpc) is 2.29. The Morgan fingerprint density at radius 2 is 1.81 bits per heavy atom. The molecule has 0 N–H and O–H groups in total. The van der Waals surface area contributed by atoms with E-state index in [1.54, 1.807) is 0 Å². The molecule has 0 heteroatoms. The summed E-state index contributed by atoms with van der Waals surface area (Å²) in [7, 11) is 0. The van der Waals surface area contributed by atoms with Gasteiger partial charge in [-0.2, -0.15) is 0 Å². The van der Waals surface area contributed by atoms with Crippen LogP contribution in [0.15, 0.2) is 42.5 Å². The van der Waals surface area contributed by atoms with Crippen LogP contribution in [0.1, 0.15) is 39.2 Å². The maximum Gasteiger partial charge on any atom is -0.0205 e. The van der Waals surface area contributed by atoms with Crippen LogP contribution in [0.25, 0.3) is 0 Å². The molecule has 1 aromatic rings. The first-order chi connectivity index (χ1) is 7.65. The fraction of sp³-hybridized carbons (Fsp3) is 0.500. The molecule has 0 radical (unpaired) electrons. The Morgan fingerprint density at radius 1 is 1.19 bits per heavy atom. The zero-order valence-corrected chi connectivity index (χ0v) is 10.9. The van der Waals surface area contributed by atoms with Gasteiger partial charge in [0.2, 0.25) is 0 Å². The quantitative estimate of drug-likeness (QED) is 0.596. The van der Waals surface area contributed by atoms with E-state index in [4.69, 9.17) is 0 Å². The molecule has 0 amide bonds. The second kappa shape index (κ2) is 6.52. The van der Waals surface area contributed by atoms with Crippen molar-refractivity contribution in [2.75, 3.05) is 0 Å². The van der Waals surface area contributed by atoms with E-state index in [1.807, 2.05) is 0 Å². The van der Waals surface area contributed by atoms with Crippen LogP contribution in [0.3, 0.4) is 0 Å². The predicted octanol–water partition coefficient (Wildman–Crippen LogP) is 4.86. The van der Waals surface area contributed by atoms with Crippen LogP contribution in [-0.4, -0.2) is 0 Å². The minimum Gasteiger partial charge on any atom is -0.0996 e. The third kappa shape index (κ3) is 3.84. The van der Waals surface area contributed by atoms with E-state index in [9.17, 15) is 0 Å². The van der Waals surface area contributed by atoms with E-state index in [0.29, 0.717) is 11.8 Å². The SMILES string of the molecule is C=C(CCC)C(C)C(C)Cc1ccccc1. The average molecular weight is 216 g/mol. The molecule has 2 atom stereocenters. The predicted molar refractivity (Wildman–Crippen MR) is 72.5 cm³/mol. The first-order valence-electron chi connectivity index (χ1n) is 6.36. The first-order valence-corrected chi connectivity index (χ1v) is 6.36. The lowest BCUT2D eigenvalue weighted by atomic mass is 9.83. The van der Waals surface area contributed by atoms with Gasteiger partial charge in [0.1, 0.15) is 0 Å². The van der Waals surface area contributed by atoms with Gasteiger partial charge in [-0.25, -0.2) is 0 Å². The molecule has 0 spiro atoms. The van der Waals surface area contributed by atoms with Gasteiger partial charge in [0, 0.05) is 0 Å². The normalized spacial score (nSPS) is 14.4. The van der Waals surface area contributed by atoms with E-state index < -0.39 is 0 Å². The molecule has 0 aliphatic rings. The minimum atomic E-state index is 0.625. The van der Waals surface area contributed by atoms with Gasteiger partial charge in [-0.05, 0) is 30.2 Å². The molecule has 88 valence electrons. The highest BCUT2D eigenvalue weighted by atomic mass is 14.2. The minimum absolute atomic E-state index is 0.625. The molecule has 0 nitrogen and oxygen atoms in total. The van der Waals surface area contributed by atoms with E-state index in [-0.39, 0.29) is 0 Å². The van der Waals surface area contributed by atoms with E-state index in [1.165, 1.54) is 24.0 Å². The zero-order valence-electron chi connectivity index (χ0n) is 10.9. The molecule has 16 heavy (non-hydrogen) atoms. The van der Waals surface area contributed by atoms with Crippen LogP contribution < -0.4 is 0 Å². The number of benzene rings is 1.